The van der Waals surface area contributed by atoms with Gasteiger partial charge in [-0.1, -0.05) is 6.07 Å². The Balaban J connectivity index is 1.50. The van der Waals surface area contributed by atoms with E-state index in [2.05, 4.69) is 10.6 Å². The van der Waals surface area contributed by atoms with E-state index >= 15 is 0 Å². The lowest BCUT2D eigenvalue weighted by molar-refractivity contribution is -0.116. The van der Waals surface area contributed by atoms with E-state index in [1.165, 1.54) is 12.8 Å². The van der Waals surface area contributed by atoms with Crippen molar-refractivity contribution in [1.82, 2.24) is 0 Å². The van der Waals surface area contributed by atoms with Crippen LogP contribution in [0.3, 0.4) is 0 Å². The van der Waals surface area contributed by atoms with Crippen LogP contribution in [0.5, 0.6) is 11.5 Å². The van der Waals surface area contributed by atoms with Gasteiger partial charge < -0.3 is 20.1 Å². The third-order valence-corrected chi connectivity index (χ3v) is 4.21. The number of hydrogen-bond acceptors (Lipinski definition) is 4. The van der Waals surface area contributed by atoms with E-state index in [1.54, 1.807) is 14.2 Å². The molecule has 5 heteroatoms. The second kappa shape index (κ2) is 7.92. The third kappa shape index (κ3) is 4.89. The summed E-state index contributed by atoms with van der Waals surface area (Å²) in [5.41, 5.74) is 2.96. The predicted octanol–water partition coefficient (Wildman–Crippen LogP) is 3.85. The van der Waals surface area contributed by atoms with Crippen molar-refractivity contribution in [2.75, 3.05) is 24.9 Å². The molecule has 2 aromatic rings. The van der Waals surface area contributed by atoms with Gasteiger partial charge in [0.15, 0.2) is 11.5 Å². The number of anilines is 2. The number of ether oxygens (including phenoxy) is 2. The predicted molar refractivity (Wildman–Crippen MR) is 99.6 cm³/mol. The quantitative estimate of drug-likeness (QED) is 0.766. The first-order valence-corrected chi connectivity index (χ1v) is 8.55. The fourth-order valence-corrected chi connectivity index (χ4v) is 2.63. The van der Waals surface area contributed by atoms with Gasteiger partial charge >= 0.3 is 0 Å². The Morgan fingerprint density at radius 2 is 1.68 bits per heavy atom. The summed E-state index contributed by atoms with van der Waals surface area (Å²) >= 11 is 0. The summed E-state index contributed by atoms with van der Waals surface area (Å²) in [5, 5.41) is 6.37. The molecule has 0 saturated heterocycles. The van der Waals surface area contributed by atoms with Crippen molar-refractivity contribution < 1.29 is 14.3 Å². The molecule has 1 fully saturated rings. The van der Waals surface area contributed by atoms with Gasteiger partial charge in [0, 0.05) is 23.8 Å². The number of carbonyl (C=O) groups excluding carboxylic acids is 1. The van der Waals surface area contributed by atoms with Crippen LogP contribution < -0.4 is 20.1 Å². The number of hydrogen-bond donors (Lipinski definition) is 2. The minimum atomic E-state index is -0.00214. The molecule has 2 N–H and O–H groups in total. The molecule has 1 aliphatic rings. The molecule has 0 aliphatic heterocycles. The zero-order valence-corrected chi connectivity index (χ0v) is 14.7. The molecule has 0 unspecified atom stereocenters. The Bertz CT molecular complexity index is 724. The Hall–Kier alpha value is -2.69. The molecule has 0 atom stereocenters. The van der Waals surface area contributed by atoms with Gasteiger partial charge in [0.1, 0.15) is 0 Å². The van der Waals surface area contributed by atoms with E-state index < -0.39 is 0 Å². The highest BCUT2D eigenvalue weighted by atomic mass is 16.5. The maximum atomic E-state index is 12.2. The minimum Gasteiger partial charge on any atom is -0.493 e. The molecule has 25 heavy (non-hydrogen) atoms. The van der Waals surface area contributed by atoms with Crippen molar-refractivity contribution in [3.05, 3.63) is 48.0 Å². The number of nitrogens with one attached hydrogen (secondary N) is 2. The van der Waals surface area contributed by atoms with Crippen LogP contribution in [0.2, 0.25) is 0 Å². The van der Waals surface area contributed by atoms with Crippen molar-refractivity contribution in [3.8, 4) is 11.5 Å². The van der Waals surface area contributed by atoms with Crippen molar-refractivity contribution in [2.45, 2.75) is 31.7 Å². The van der Waals surface area contributed by atoms with Crippen molar-refractivity contribution >= 4 is 17.3 Å². The molecule has 0 aromatic heterocycles. The van der Waals surface area contributed by atoms with E-state index in [0.717, 1.165) is 16.9 Å². The molecule has 0 spiro atoms. The summed E-state index contributed by atoms with van der Waals surface area (Å²) < 4.78 is 10.5. The molecule has 1 aliphatic carbocycles. The van der Waals surface area contributed by atoms with Gasteiger partial charge in [-0.05, 0) is 61.2 Å². The van der Waals surface area contributed by atoms with Crippen LogP contribution in [0.4, 0.5) is 11.4 Å². The lowest BCUT2D eigenvalue weighted by Crippen LogP contribution is -2.12. The first kappa shape index (κ1) is 17.1. The summed E-state index contributed by atoms with van der Waals surface area (Å²) in [6, 6.07) is 14.2. The maximum absolute atomic E-state index is 12.2. The zero-order valence-electron chi connectivity index (χ0n) is 14.7. The van der Waals surface area contributed by atoms with Crippen LogP contribution in [0.1, 0.15) is 24.8 Å². The second-order valence-electron chi connectivity index (χ2n) is 6.23. The maximum Gasteiger partial charge on any atom is 0.224 e. The van der Waals surface area contributed by atoms with Crippen LogP contribution in [0.25, 0.3) is 0 Å². The number of carbonyl (C=O) groups is 1. The first-order chi connectivity index (χ1) is 12.2. The first-order valence-electron chi connectivity index (χ1n) is 8.55. The lowest BCUT2D eigenvalue weighted by atomic mass is 10.1. The van der Waals surface area contributed by atoms with Crippen molar-refractivity contribution in [2.24, 2.45) is 0 Å². The van der Waals surface area contributed by atoms with Gasteiger partial charge in [0.25, 0.3) is 0 Å². The standard InChI is InChI=1S/C20H24N2O3/c1-24-18-11-3-14(13-19(18)25-2)4-12-20(23)22-17-9-7-16(8-10-17)21-15-5-6-15/h3,7-11,13,15,21H,4-6,12H2,1-2H3,(H,22,23). The average molecular weight is 340 g/mol. The van der Waals surface area contributed by atoms with Gasteiger partial charge in [-0.2, -0.15) is 0 Å². The highest BCUT2D eigenvalue weighted by Crippen LogP contribution is 2.28. The van der Waals surface area contributed by atoms with E-state index in [9.17, 15) is 4.79 Å². The zero-order chi connectivity index (χ0) is 17.6. The summed E-state index contributed by atoms with van der Waals surface area (Å²) in [6.45, 7) is 0. The fourth-order valence-electron chi connectivity index (χ4n) is 2.63. The average Bonchev–Trinajstić information content (AvgIpc) is 3.45. The molecule has 132 valence electrons. The van der Waals surface area contributed by atoms with Gasteiger partial charge in [0.05, 0.1) is 14.2 Å². The third-order valence-electron chi connectivity index (χ3n) is 4.21. The van der Waals surface area contributed by atoms with Crippen LogP contribution in [-0.4, -0.2) is 26.2 Å². The van der Waals surface area contributed by atoms with Crippen LogP contribution in [0, 0.1) is 0 Å². The minimum absolute atomic E-state index is 0.00214. The molecule has 0 radical (unpaired) electrons. The Kier molecular flexibility index (Phi) is 5.43. The molecule has 0 heterocycles. The Morgan fingerprint density at radius 1 is 1.00 bits per heavy atom. The summed E-state index contributed by atoms with van der Waals surface area (Å²) in [4.78, 5) is 12.2. The van der Waals surface area contributed by atoms with Gasteiger partial charge in [-0.3, -0.25) is 4.79 Å². The van der Waals surface area contributed by atoms with Gasteiger partial charge in [-0.25, -0.2) is 0 Å². The van der Waals surface area contributed by atoms with Crippen molar-refractivity contribution in [3.63, 3.8) is 0 Å². The second-order valence-corrected chi connectivity index (χ2v) is 6.23. The Labute approximate surface area is 148 Å². The van der Waals surface area contributed by atoms with Crippen LogP contribution in [0.15, 0.2) is 42.5 Å². The number of methoxy groups -OCH3 is 2. The number of amides is 1. The molecule has 1 saturated carbocycles. The highest BCUT2D eigenvalue weighted by molar-refractivity contribution is 5.91. The monoisotopic (exact) mass is 340 g/mol. The number of aryl methyl sites for hydroxylation is 1. The van der Waals surface area contributed by atoms with E-state index in [0.29, 0.717) is 30.4 Å². The number of benzene rings is 2. The fraction of sp³-hybridized carbons (Fsp3) is 0.350. The normalized spacial score (nSPS) is 13.2. The molecule has 5 nitrogen and oxygen atoms in total. The topological polar surface area (TPSA) is 59.6 Å². The number of rotatable bonds is 8. The van der Waals surface area contributed by atoms with E-state index in [-0.39, 0.29) is 5.91 Å². The highest BCUT2D eigenvalue weighted by Gasteiger charge is 2.20. The van der Waals surface area contributed by atoms with Gasteiger partial charge in [-0.15, -0.1) is 0 Å². The van der Waals surface area contributed by atoms with Gasteiger partial charge in [0.2, 0.25) is 5.91 Å². The van der Waals surface area contributed by atoms with Crippen LogP contribution in [-0.2, 0) is 11.2 Å². The molecule has 3 rings (SSSR count). The van der Waals surface area contributed by atoms with Crippen molar-refractivity contribution in [1.29, 1.82) is 0 Å². The molecular formula is C20H24N2O3. The molecule has 0 bridgehead atoms. The molecular weight excluding hydrogens is 316 g/mol. The summed E-state index contributed by atoms with van der Waals surface area (Å²) in [6.07, 6.45) is 3.55. The van der Waals surface area contributed by atoms with E-state index in [4.69, 9.17) is 9.47 Å². The molecule has 2 aromatic carbocycles. The smallest absolute Gasteiger partial charge is 0.224 e. The summed E-state index contributed by atoms with van der Waals surface area (Å²) in [7, 11) is 3.21. The summed E-state index contributed by atoms with van der Waals surface area (Å²) in [5.74, 6) is 1.37. The lowest BCUT2D eigenvalue weighted by Gasteiger charge is -2.10. The van der Waals surface area contributed by atoms with E-state index in [1.807, 2.05) is 42.5 Å². The largest absolute Gasteiger partial charge is 0.493 e. The Morgan fingerprint density at radius 3 is 2.32 bits per heavy atom. The SMILES string of the molecule is COc1ccc(CCC(=O)Nc2ccc(NC3CC3)cc2)cc1OC. The van der Waals surface area contributed by atoms with Crippen LogP contribution >= 0.6 is 0 Å². The molecule has 1 amide bonds.